The number of nitrogens with zero attached hydrogens (tertiary/aromatic N) is 2. The molecule has 2 aliphatic heterocycles. The average molecular weight is 421 g/mol. The van der Waals surface area contributed by atoms with Gasteiger partial charge in [0, 0.05) is 19.0 Å². The molecule has 1 atom stereocenters. The topological polar surface area (TPSA) is 32.8 Å². The van der Waals surface area contributed by atoms with Gasteiger partial charge in [-0.1, -0.05) is 50.2 Å². The Kier molecular flexibility index (Phi) is 6.96. The van der Waals surface area contributed by atoms with Crippen LogP contribution in [0.4, 0.5) is 0 Å². The lowest BCUT2D eigenvalue weighted by atomic mass is 9.84. The third-order valence-corrected chi connectivity index (χ3v) is 7.04. The number of hydrogen-bond acceptors (Lipinski definition) is 3. The Bertz CT molecular complexity index is 872. The molecule has 2 heterocycles. The average Bonchev–Trinajstić information content (AvgIpc) is 2.82. The summed E-state index contributed by atoms with van der Waals surface area (Å²) in [6.45, 7) is 8.41. The molecule has 2 aromatic carbocycles. The van der Waals surface area contributed by atoms with Crippen LogP contribution >= 0.6 is 0 Å². The van der Waals surface area contributed by atoms with Gasteiger partial charge in [-0.3, -0.25) is 4.79 Å². The molecule has 2 aliphatic rings. The monoisotopic (exact) mass is 420 g/mol. The molecule has 0 spiro atoms. The van der Waals surface area contributed by atoms with E-state index in [1.54, 1.807) is 7.11 Å². The fourth-order valence-corrected chi connectivity index (χ4v) is 5.30. The maximum absolute atomic E-state index is 13.6. The first kappa shape index (κ1) is 21.9. The number of piperidine rings is 1. The Morgan fingerprint density at radius 3 is 2.48 bits per heavy atom. The molecule has 31 heavy (non-hydrogen) atoms. The summed E-state index contributed by atoms with van der Waals surface area (Å²) in [7, 11) is 1.71. The Morgan fingerprint density at radius 1 is 1.06 bits per heavy atom. The van der Waals surface area contributed by atoms with E-state index in [1.807, 2.05) is 6.07 Å². The van der Waals surface area contributed by atoms with Gasteiger partial charge in [0.25, 0.3) is 0 Å². The van der Waals surface area contributed by atoms with E-state index < -0.39 is 0 Å². The van der Waals surface area contributed by atoms with Gasteiger partial charge in [-0.2, -0.15) is 0 Å². The molecule has 4 rings (SSSR count). The first-order valence-corrected chi connectivity index (χ1v) is 11.8. The molecular weight excluding hydrogens is 384 g/mol. The zero-order valence-electron chi connectivity index (χ0n) is 19.2. The minimum absolute atomic E-state index is 0.161. The van der Waals surface area contributed by atoms with Gasteiger partial charge in [-0.05, 0) is 73.5 Å². The Morgan fingerprint density at radius 2 is 1.81 bits per heavy atom. The predicted molar refractivity (Wildman–Crippen MR) is 125 cm³/mol. The van der Waals surface area contributed by atoms with Gasteiger partial charge in [0.2, 0.25) is 5.91 Å². The summed E-state index contributed by atoms with van der Waals surface area (Å²) in [6.07, 6.45) is 3.95. The number of carbonyl (C=O) groups is 1. The molecule has 0 radical (unpaired) electrons. The Balaban J connectivity index is 1.37. The molecule has 166 valence electrons. The number of fused-ring (bicyclic) bond motifs is 1. The van der Waals surface area contributed by atoms with Crippen LogP contribution in [0.15, 0.2) is 48.5 Å². The molecule has 1 saturated heterocycles. The van der Waals surface area contributed by atoms with E-state index in [0.717, 1.165) is 57.6 Å². The second-order valence-corrected chi connectivity index (χ2v) is 9.39. The van der Waals surface area contributed by atoms with Crippen LogP contribution in [0.3, 0.4) is 0 Å². The molecule has 1 unspecified atom stereocenters. The lowest BCUT2D eigenvalue weighted by Gasteiger charge is -2.42. The van der Waals surface area contributed by atoms with Crippen LogP contribution in [-0.2, 0) is 17.6 Å². The van der Waals surface area contributed by atoms with Crippen molar-refractivity contribution in [2.45, 2.75) is 45.6 Å². The number of amides is 1. The fraction of sp³-hybridized carbons (Fsp3) is 0.519. The number of methoxy groups -OCH3 is 1. The summed E-state index contributed by atoms with van der Waals surface area (Å²) >= 11 is 0. The van der Waals surface area contributed by atoms with Crippen molar-refractivity contribution in [1.29, 1.82) is 0 Å². The van der Waals surface area contributed by atoms with Gasteiger partial charge >= 0.3 is 0 Å². The number of carbonyl (C=O) groups excluding carboxylic acids is 1. The summed E-state index contributed by atoms with van der Waals surface area (Å²) in [5.41, 5.74) is 4.03. The van der Waals surface area contributed by atoms with Crippen LogP contribution in [0.1, 0.15) is 49.4 Å². The number of ether oxygens (including phenoxy) is 1. The van der Waals surface area contributed by atoms with E-state index in [-0.39, 0.29) is 12.0 Å². The predicted octanol–water partition coefficient (Wildman–Crippen LogP) is 4.73. The van der Waals surface area contributed by atoms with Crippen LogP contribution in [0.5, 0.6) is 5.75 Å². The zero-order chi connectivity index (χ0) is 21.8. The highest BCUT2D eigenvalue weighted by Crippen LogP contribution is 2.38. The quantitative estimate of drug-likeness (QED) is 0.677. The number of benzene rings is 2. The molecule has 4 nitrogen and oxygen atoms in total. The van der Waals surface area contributed by atoms with Gasteiger partial charge in [0.1, 0.15) is 5.75 Å². The normalized spacial score (nSPS) is 20.0. The van der Waals surface area contributed by atoms with Crippen molar-refractivity contribution in [3.05, 3.63) is 65.2 Å². The smallest absolute Gasteiger partial charge is 0.226 e. The molecule has 2 aromatic rings. The standard InChI is InChI=1S/C27H36N2O2/c1-20(2)26-25-10-9-24(31-3)19-23(25)14-18-29(26)27(30)22-12-16-28(17-13-22)15-11-21-7-5-4-6-8-21/h4-10,19-20,22,26H,11-18H2,1-3H3. The van der Waals surface area contributed by atoms with Crippen LogP contribution in [0, 0.1) is 11.8 Å². The summed E-state index contributed by atoms with van der Waals surface area (Å²) in [6, 6.07) is 17.2. The van der Waals surface area contributed by atoms with Gasteiger partial charge in [-0.15, -0.1) is 0 Å². The zero-order valence-corrected chi connectivity index (χ0v) is 19.2. The molecular formula is C27H36N2O2. The van der Waals surface area contributed by atoms with Crippen LogP contribution < -0.4 is 4.74 Å². The third kappa shape index (κ3) is 4.95. The molecule has 0 N–H and O–H groups in total. The highest BCUT2D eigenvalue weighted by atomic mass is 16.5. The molecule has 0 saturated carbocycles. The van der Waals surface area contributed by atoms with E-state index >= 15 is 0 Å². The van der Waals surface area contributed by atoms with Crippen molar-refractivity contribution in [3.63, 3.8) is 0 Å². The SMILES string of the molecule is COc1ccc2c(c1)CCN(C(=O)C1CCN(CCc3ccccc3)CC1)C2C(C)C. The van der Waals surface area contributed by atoms with E-state index in [4.69, 9.17) is 4.74 Å². The molecule has 0 bridgehead atoms. The van der Waals surface area contributed by atoms with Crippen LogP contribution in [-0.4, -0.2) is 49.0 Å². The van der Waals surface area contributed by atoms with Crippen molar-refractivity contribution in [1.82, 2.24) is 9.80 Å². The summed E-state index contributed by atoms with van der Waals surface area (Å²) in [4.78, 5) is 18.3. The molecule has 0 aromatic heterocycles. The van der Waals surface area contributed by atoms with E-state index in [2.05, 4.69) is 66.1 Å². The number of likely N-dealkylation sites (tertiary alicyclic amines) is 1. The van der Waals surface area contributed by atoms with Crippen molar-refractivity contribution < 1.29 is 9.53 Å². The van der Waals surface area contributed by atoms with Crippen molar-refractivity contribution in [2.24, 2.45) is 11.8 Å². The van der Waals surface area contributed by atoms with Crippen molar-refractivity contribution in [3.8, 4) is 5.75 Å². The van der Waals surface area contributed by atoms with Gasteiger partial charge < -0.3 is 14.5 Å². The Labute approximate surface area is 187 Å². The Hall–Kier alpha value is -2.33. The van der Waals surface area contributed by atoms with Gasteiger partial charge in [0.15, 0.2) is 0 Å². The van der Waals surface area contributed by atoms with Crippen molar-refractivity contribution >= 4 is 5.91 Å². The summed E-state index contributed by atoms with van der Waals surface area (Å²) in [5.74, 6) is 1.82. The lowest BCUT2D eigenvalue weighted by molar-refractivity contribution is -0.141. The largest absolute Gasteiger partial charge is 0.497 e. The number of rotatable bonds is 6. The van der Waals surface area contributed by atoms with Gasteiger partial charge in [0.05, 0.1) is 13.2 Å². The number of hydrogen-bond donors (Lipinski definition) is 0. The van der Waals surface area contributed by atoms with Crippen molar-refractivity contribution in [2.75, 3.05) is 33.3 Å². The third-order valence-electron chi connectivity index (χ3n) is 7.04. The highest BCUT2D eigenvalue weighted by Gasteiger charge is 2.37. The fourth-order valence-electron chi connectivity index (χ4n) is 5.30. The van der Waals surface area contributed by atoms with E-state index in [0.29, 0.717) is 11.8 Å². The van der Waals surface area contributed by atoms with Crippen LogP contribution in [0.2, 0.25) is 0 Å². The second kappa shape index (κ2) is 9.86. The minimum Gasteiger partial charge on any atom is -0.497 e. The maximum atomic E-state index is 13.6. The van der Waals surface area contributed by atoms with E-state index in [1.165, 1.54) is 16.7 Å². The summed E-state index contributed by atoms with van der Waals surface area (Å²) in [5, 5.41) is 0. The molecule has 0 aliphatic carbocycles. The molecule has 4 heteroatoms. The lowest BCUT2D eigenvalue weighted by Crippen LogP contribution is -2.47. The minimum atomic E-state index is 0.161. The molecule has 1 fully saturated rings. The maximum Gasteiger partial charge on any atom is 0.226 e. The highest BCUT2D eigenvalue weighted by molar-refractivity contribution is 5.80. The van der Waals surface area contributed by atoms with E-state index in [9.17, 15) is 4.79 Å². The first-order valence-electron chi connectivity index (χ1n) is 11.8. The summed E-state index contributed by atoms with van der Waals surface area (Å²) < 4.78 is 5.42. The van der Waals surface area contributed by atoms with Crippen LogP contribution in [0.25, 0.3) is 0 Å². The van der Waals surface area contributed by atoms with Gasteiger partial charge in [-0.25, -0.2) is 0 Å². The first-order chi connectivity index (χ1) is 15.1. The second-order valence-electron chi connectivity index (χ2n) is 9.39. The molecule has 1 amide bonds.